The van der Waals surface area contributed by atoms with Crippen LogP contribution in [0.4, 0.5) is 0 Å². The van der Waals surface area contributed by atoms with E-state index in [0.717, 1.165) is 37.2 Å². The van der Waals surface area contributed by atoms with Gasteiger partial charge in [-0.1, -0.05) is 6.07 Å². The van der Waals surface area contributed by atoms with Gasteiger partial charge >= 0.3 is 0 Å². The smallest absolute Gasteiger partial charge is 0.161 e. The van der Waals surface area contributed by atoms with Crippen LogP contribution in [0.5, 0.6) is 11.5 Å². The second-order valence-corrected chi connectivity index (χ2v) is 5.90. The number of aliphatic hydroxyl groups is 1. The van der Waals surface area contributed by atoms with E-state index < -0.39 is 0 Å². The Morgan fingerprint density at radius 2 is 1.81 bits per heavy atom. The van der Waals surface area contributed by atoms with Gasteiger partial charge in [0.15, 0.2) is 11.5 Å². The molecule has 0 spiro atoms. The monoisotopic (exact) mass is 293 g/mol. The summed E-state index contributed by atoms with van der Waals surface area (Å²) in [5.41, 5.74) is 1.21. The Labute approximate surface area is 127 Å². The van der Waals surface area contributed by atoms with Crippen LogP contribution in [0.1, 0.15) is 44.2 Å². The maximum Gasteiger partial charge on any atom is 0.161 e. The summed E-state index contributed by atoms with van der Waals surface area (Å²) in [6.07, 6.45) is 4.52. The molecule has 0 aliphatic heterocycles. The van der Waals surface area contributed by atoms with Gasteiger partial charge in [-0.15, -0.1) is 0 Å². The molecule has 2 rings (SSSR count). The maximum atomic E-state index is 9.20. The summed E-state index contributed by atoms with van der Waals surface area (Å²) in [5, 5.41) is 12.9. The van der Waals surface area contributed by atoms with Crippen LogP contribution in [0.15, 0.2) is 18.2 Å². The molecule has 1 saturated carbocycles. The minimum Gasteiger partial charge on any atom is -0.493 e. The molecule has 0 aromatic heterocycles. The predicted octanol–water partition coefficient (Wildman–Crippen LogP) is 2.91. The van der Waals surface area contributed by atoms with Crippen molar-refractivity contribution < 1.29 is 14.6 Å². The molecule has 1 aliphatic carbocycles. The highest BCUT2D eigenvalue weighted by Gasteiger charge is 2.22. The third-order valence-corrected chi connectivity index (χ3v) is 4.50. The van der Waals surface area contributed by atoms with E-state index in [-0.39, 0.29) is 6.04 Å². The summed E-state index contributed by atoms with van der Waals surface area (Å²) in [4.78, 5) is 0. The summed E-state index contributed by atoms with van der Waals surface area (Å²) in [5.74, 6) is 2.03. The highest BCUT2D eigenvalue weighted by Crippen LogP contribution is 2.31. The molecule has 1 atom stereocenters. The maximum absolute atomic E-state index is 9.20. The average molecular weight is 293 g/mol. The molecule has 0 amide bonds. The topological polar surface area (TPSA) is 50.7 Å². The highest BCUT2D eigenvalue weighted by atomic mass is 16.5. The third kappa shape index (κ3) is 4.11. The number of ether oxygens (including phenoxy) is 2. The highest BCUT2D eigenvalue weighted by molar-refractivity contribution is 5.43. The van der Waals surface area contributed by atoms with Gasteiger partial charge in [0.1, 0.15) is 0 Å². The van der Waals surface area contributed by atoms with E-state index in [1.807, 2.05) is 12.1 Å². The largest absolute Gasteiger partial charge is 0.493 e. The van der Waals surface area contributed by atoms with E-state index in [9.17, 15) is 5.11 Å². The molecule has 0 saturated heterocycles. The van der Waals surface area contributed by atoms with Crippen LogP contribution in [0.3, 0.4) is 0 Å². The summed E-state index contributed by atoms with van der Waals surface area (Å²) in [6, 6.07) is 6.89. The summed E-state index contributed by atoms with van der Waals surface area (Å²) >= 11 is 0. The zero-order valence-corrected chi connectivity index (χ0v) is 13.3. The fourth-order valence-electron chi connectivity index (χ4n) is 3.08. The van der Waals surface area contributed by atoms with Crippen molar-refractivity contribution >= 4 is 0 Å². The van der Waals surface area contributed by atoms with Crippen LogP contribution in [0.2, 0.25) is 0 Å². The summed E-state index contributed by atoms with van der Waals surface area (Å²) < 4.78 is 10.6. The van der Waals surface area contributed by atoms with Crippen LogP contribution in [0.25, 0.3) is 0 Å². The first-order valence-electron chi connectivity index (χ1n) is 7.76. The Morgan fingerprint density at radius 1 is 1.14 bits per heavy atom. The molecule has 0 radical (unpaired) electrons. The molecule has 4 heteroatoms. The van der Waals surface area contributed by atoms with Crippen LogP contribution in [-0.4, -0.2) is 32.0 Å². The van der Waals surface area contributed by atoms with Crippen LogP contribution >= 0.6 is 0 Å². The first kappa shape index (κ1) is 16.1. The Bertz CT molecular complexity index is 442. The minimum atomic E-state index is 0.278. The van der Waals surface area contributed by atoms with E-state index in [0.29, 0.717) is 18.6 Å². The van der Waals surface area contributed by atoms with E-state index in [4.69, 9.17) is 9.47 Å². The first-order chi connectivity index (χ1) is 10.2. The van der Waals surface area contributed by atoms with Gasteiger partial charge in [-0.25, -0.2) is 0 Å². The second-order valence-electron chi connectivity index (χ2n) is 5.90. The van der Waals surface area contributed by atoms with Gasteiger partial charge in [0.2, 0.25) is 0 Å². The van der Waals surface area contributed by atoms with E-state index >= 15 is 0 Å². The molecule has 1 unspecified atom stereocenters. The van der Waals surface area contributed by atoms with Gasteiger partial charge in [-0.2, -0.15) is 0 Å². The Morgan fingerprint density at radius 3 is 2.38 bits per heavy atom. The van der Waals surface area contributed by atoms with E-state index in [1.54, 1.807) is 14.2 Å². The van der Waals surface area contributed by atoms with Crippen molar-refractivity contribution in [2.24, 2.45) is 5.92 Å². The van der Waals surface area contributed by atoms with Crippen molar-refractivity contribution in [1.29, 1.82) is 0 Å². The lowest BCUT2D eigenvalue weighted by Crippen LogP contribution is -2.35. The lowest BCUT2D eigenvalue weighted by molar-refractivity contribution is 0.172. The molecule has 4 nitrogen and oxygen atoms in total. The number of benzene rings is 1. The van der Waals surface area contributed by atoms with Crippen LogP contribution in [-0.2, 0) is 0 Å². The number of hydrogen-bond acceptors (Lipinski definition) is 4. The Hall–Kier alpha value is -1.26. The molecule has 0 heterocycles. The molecule has 2 N–H and O–H groups in total. The lowest BCUT2D eigenvalue weighted by Gasteiger charge is -2.30. The quantitative estimate of drug-likeness (QED) is 0.847. The van der Waals surface area contributed by atoms with Gasteiger partial charge in [0.05, 0.1) is 14.2 Å². The zero-order chi connectivity index (χ0) is 15.2. The molecule has 0 bridgehead atoms. The average Bonchev–Trinajstić information content (AvgIpc) is 2.54. The molecule has 1 aromatic rings. The van der Waals surface area contributed by atoms with Crippen molar-refractivity contribution in [2.45, 2.75) is 44.7 Å². The van der Waals surface area contributed by atoms with Gasteiger partial charge in [0, 0.05) is 18.7 Å². The van der Waals surface area contributed by atoms with Crippen LogP contribution in [0, 0.1) is 5.92 Å². The Balaban J connectivity index is 1.95. The zero-order valence-electron chi connectivity index (χ0n) is 13.3. The minimum absolute atomic E-state index is 0.278. The van der Waals surface area contributed by atoms with Crippen molar-refractivity contribution in [2.75, 3.05) is 20.8 Å². The molecule has 21 heavy (non-hydrogen) atoms. The molecular weight excluding hydrogens is 266 g/mol. The van der Waals surface area contributed by atoms with Crippen molar-refractivity contribution in [3.8, 4) is 11.5 Å². The van der Waals surface area contributed by atoms with Gasteiger partial charge in [-0.3, -0.25) is 0 Å². The van der Waals surface area contributed by atoms with Gasteiger partial charge in [-0.05, 0) is 56.2 Å². The molecule has 1 aliphatic rings. The number of nitrogens with one attached hydrogen (secondary N) is 1. The number of methoxy groups -OCH3 is 2. The van der Waals surface area contributed by atoms with Crippen LogP contribution < -0.4 is 14.8 Å². The van der Waals surface area contributed by atoms with Gasteiger partial charge in [0.25, 0.3) is 0 Å². The predicted molar refractivity (Wildman–Crippen MR) is 83.9 cm³/mol. The molecule has 1 fully saturated rings. The molecule has 118 valence electrons. The van der Waals surface area contributed by atoms with E-state index in [1.165, 1.54) is 5.56 Å². The molecular formula is C17H27NO3. The van der Waals surface area contributed by atoms with Crippen molar-refractivity contribution in [3.05, 3.63) is 23.8 Å². The number of hydrogen-bond donors (Lipinski definition) is 2. The number of aliphatic hydroxyl groups excluding tert-OH is 1. The van der Waals surface area contributed by atoms with Crippen molar-refractivity contribution in [3.63, 3.8) is 0 Å². The molecule has 1 aromatic carbocycles. The summed E-state index contributed by atoms with van der Waals surface area (Å²) in [6.45, 7) is 2.51. The fourth-order valence-corrected chi connectivity index (χ4v) is 3.08. The number of rotatable bonds is 6. The second kappa shape index (κ2) is 7.66. The first-order valence-corrected chi connectivity index (χ1v) is 7.76. The standard InChI is InChI=1S/C17H27NO3/c1-12(18-15-7-4-13(11-19)5-8-15)14-6-9-16(20-2)17(10-14)21-3/h6,9-10,12-13,15,18-19H,4-5,7-8,11H2,1-3H3. The third-order valence-electron chi connectivity index (χ3n) is 4.50. The summed E-state index contributed by atoms with van der Waals surface area (Å²) in [7, 11) is 3.31. The fraction of sp³-hybridized carbons (Fsp3) is 0.647. The van der Waals surface area contributed by atoms with E-state index in [2.05, 4.69) is 18.3 Å². The lowest BCUT2D eigenvalue weighted by atomic mass is 9.86. The van der Waals surface area contributed by atoms with Gasteiger partial charge < -0.3 is 19.9 Å². The SMILES string of the molecule is COc1ccc(C(C)NC2CCC(CO)CC2)cc1OC. The Kier molecular flexibility index (Phi) is 5.88. The normalized spacial score (nSPS) is 23.6. The van der Waals surface area contributed by atoms with Crippen molar-refractivity contribution in [1.82, 2.24) is 5.32 Å².